The second-order valence-electron chi connectivity index (χ2n) is 26.4. The Morgan fingerprint density at radius 3 is 1.14 bits per heavy atom. The molecule has 0 bridgehead atoms. The zero-order valence-electron chi connectivity index (χ0n) is 59.1. The molecule has 4 aliphatic carbocycles. The van der Waals surface area contributed by atoms with Gasteiger partial charge in [0.25, 0.3) is 20.0 Å². The standard InChI is InChI=1S/2C18H21N7O.C18H16N6O3S2.C16H15ClN6O3S2.6H2/c2*1-3-12-9-19-18(25-7-6-14(10-25)20-11(2)26)22-17(12)21-16-8-15(23-24-16)13-4-5-13;1-3-11-9-19-18(14-6-7-16(28-14)29(26,27)24-10(2)25)21-17(11)20-15-8-13(22-23-15)12-4-5-12;1-8(24)23-28(25,26)14-5-4-12(27-14)16-18-7-10(17)15(20-16)19-13-6-11(21-22-13)9-2-3-9;;;;;;/h2*1,8-9,13-14H,4-7,10H2,2H3,(H,20,26)(H2,19,21,22,23,24);1,6-9,12H,4-5H2,2H3,(H,24,25)(H2,19,20,21,22,23);4-7,9H,2-3H2,1H3,(H,23,24)(H2,18,19,20,21,22);6*1H/t2*14-;;;;;;;;/m10......../s1. The number of carbonyl (C=O) groups excluding carboxylic acids is 4. The van der Waals surface area contributed by atoms with Crippen molar-refractivity contribution in [3.63, 3.8) is 0 Å². The van der Waals surface area contributed by atoms with Crippen molar-refractivity contribution < 1.29 is 44.6 Å². The zero-order chi connectivity index (χ0) is 76.7. The van der Waals surface area contributed by atoms with Gasteiger partial charge in [-0.05, 0) is 88.5 Å². The van der Waals surface area contributed by atoms with Gasteiger partial charge in [0.2, 0.25) is 35.5 Å². The highest BCUT2D eigenvalue weighted by Gasteiger charge is 2.32. The summed E-state index contributed by atoms with van der Waals surface area (Å²) in [7, 11) is -7.82. The molecule has 4 saturated carbocycles. The summed E-state index contributed by atoms with van der Waals surface area (Å²) in [6, 6.07) is 14.0. The first kappa shape index (κ1) is 75.3. The van der Waals surface area contributed by atoms with E-state index < -0.39 is 31.9 Å². The highest BCUT2D eigenvalue weighted by atomic mass is 35.5. The molecule has 6 fully saturated rings. The maximum Gasteiger partial charge on any atom is 0.273 e. The van der Waals surface area contributed by atoms with E-state index in [1.165, 1.54) is 64.1 Å². The normalized spacial score (nSPS) is 16.4. The van der Waals surface area contributed by atoms with E-state index in [0.717, 1.165) is 111 Å². The Labute approximate surface area is 647 Å². The Morgan fingerprint density at radius 1 is 0.468 bits per heavy atom. The largest absolute Gasteiger partial charge is 0.352 e. The molecule has 34 nitrogen and oxygen atoms in total. The van der Waals surface area contributed by atoms with Gasteiger partial charge in [0.1, 0.15) is 13.4 Å². The molecular weight excluding hydrogens is 1500 g/mol. The molecule has 109 heavy (non-hydrogen) atoms. The number of H-pyrrole nitrogens is 4. The third-order valence-corrected chi connectivity index (χ3v) is 23.7. The quantitative estimate of drug-likeness (QED) is 0.0281. The predicted octanol–water partition coefficient (Wildman–Crippen LogP) is 9.89. The number of hydrogen-bond acceptors (Lipinski definition) is 28. The van der Waals surface area contributed by atoms with Gasteiger partial charge in [0.05, 0.1) is 45.0 Å². The third-order valence-electron chi connectivity index (χ3n) is 17.4. The minimum Gasteiger partial charge on any atom is -0.352 e. The lowest BCUT2D eigenvalue weighted by Crippen LogP contribution is -2.35. The number of carbonyl (C=O) groups is 4. The van der Waals surface area contributed by atoms with Gasteiger partial charge in [-0.2, -0.15) is 30.4 Å². The van der Waals surface area contributed by atoms with Gasteiger partial charge >= 0.3 is 0 Å². The van der Waals surface area contributed by atoms with Gasteiger partial charge in [0, 0.05) is 151 Å². The van der Waals surface area contributed by atoms with Crippen molar-refractivity contribution >= 4 is 136 Å². The monoisotopic (exact) mass is 1580 g/mol. The van der Waals surface area contributed by atoms with E-state index in [1.807, 2.05) is 43.5 Å². The molecule has 574 valence electrons. The number of terminal acetylenes is 3. The predicted molar refractivity (Wildman–Crippen MR) is 423 cm³/mol. The maximum atomic E-state index is 12.1. The second kappa shape index (κ2) is 32.7. The minimum absolute atomic E-state index is 0. The number of anilines is 10. The summed E-state index contributed by atoms with van der Waals surface area (Å²) in [6.07, 6.45) is 34.1. The van der Waals surface area contributed by atoms with Crippen molar-refractivity contribution in [1.29, 1.82) is 0 Å². The van der Waals surface area contributed by atoms with Crippen molar-refractivity contribution in [2.45, 2.75) is 136 Å². The molecule has 10 aromatic heterocycles. The van der Waals surface area contributed by atoms with Crippen LogP contribution in [0.1, 0.15) is 164 Å². The first-order chi connectivity index (χ1) is 52.4. The molecule has 2 saturated heterocycles. The molecule has 0 radical (unpaired) electrons. The SMILES string of the molecule is C#Cc1cnc(-c2ccc(S(=O)(=O)NC(C)=O)s2)nc1Nc1cc(C2CC2)[nH]n1.C#Cc1cnc(N2CC[C@@H](NC(C)=O)C2)nc1Nc1cc(C2CC2)[nH]n1.C#Cc1cnc(N2CC[C@H](NC(C)=O)C2)nc1Nc1cc(C2CC2)[nH]n1.CC(=O)NS(=O)(=O)c1ccc(-c2ncc(Cl)c(Nc3cc(C4CC4)[nH]n3)n2)s1.[HH].[HH].[HH].[HH].[HH].[HH]. The third kappa shape index (κ3) is 19.7. The van der Waals surface area contributed by atoms with E-state index >= 15 is 0 Å². The molecule has 39 heteroatoms. The summed E-state index contributed by atoms with van der Waals surface area (Å²) in [5.74, 6) is 14.9. The number of nitrogens with zero attached hydrogens (tertiary/aromatic N) is 14. The van der Waals surface area contributed by atoms with Crippen LogP contribution in [-0.4, -0.2) is 159 Å². The summed E-state index contributed by atoms with van der Waals surface area (Å²) >= 11 is 8.09. The van der Waals surface area contributed by atoms with Gasteiger partial charge in [-0.3, -0.25) is 39.6 Å². The van der Waals surface area contributed by atoms with Gasteiger partial charge in [-0.1, -0.05) is 29.4 Å². The van der Waals surface area contributed by atoms with Crippen LogP contribution in [0.5, 0.6) is 0 Å². The van der Waals surface area contributed by atoms with Crippen molar-refractivity contribution in [2.75, 3.05) is 57.2 Å². The average Bonchev–Trinajstić information content (AvgIpc) is 1.70. The van der Waals surface area contributed by atoms with Crippen LogP contribution >= 0.6 is 34.3 Å². The number of thiophene rings is 2. The second-order valence-corrected chi connectivity index (χ2v) is 32.8. The van der Waals surface area contributed by atoms with Crippen LogP contribution in [-0.2, 0) is 39.2 Å². The first-order valence-electron chi connectivity index (χ1n) is 34.6. The lowest BCUT2D eigenvalue weighted by atomic mass is 10.3. The molecule has 16 rings (SSSR count). The summed E-state index contributed by atoms with van der Waals surface area (Å²) in [4.78, 5) is 85.0. The van der Waals surface area contributed by atoms with E-state index in [4.69, 9.17) is 30.9 Å². The Bertz CT molecular complexity index is 5330. The first-order valence-corrected chi connectivity index (χ1v) is 39.5. The van der Waals surface area contributed by atoms with E-state index in [0.29, 0.717) is 138 Å². The fraction of sp³-hybridized carbons (Fsp3) is 0.343. The van der Waals surface area contributed by atoms with Gasteiger partial charge in [-0.15, -0.1) is 41.9 Å². The van der Waals surface area contributed by atoms with E-state index in [2.05, 4.69) is 130 Å². The number of amides is 4. The number of nitrogens with one attached hydrogen (secondary N) is 12. The van der Waals surface area contributed by atoms with Crippen molar-refractivity contribution in [1.82, 2.24) is 101 Å². The topological polar surface area (TPSA) is 457 Å². The maximum absolute atomic E-state index is 12.1. The summed E-state index contributed by atoms with van der Waals surface area (Å²) < 4.78 is 52.3. The van der Waals surface area contributed by atoms with Gasteiger partial charge in [-0.25, -0.2) is 56.2 Å². The number of halogens is 1. The molecule has 2 atom stereocenters. The van der Waals surface area contributed by atoms with Gasteiger partial charge < -0.3 is 41.7 Å². The van der Waals surface area contributed by atoms with Crippen LogP contribution < -0.4 is 51.1 Å². The number of aromatic nitrogens is 16. The zero-order valence-corrected chi connectivity index (χ0v) is 63.1. The smallest absolute Gasteiger partial charge is 0.273 e. The molecule has 12 heterocycles. The highest BCUT2D eigenvalue weighted by molar-refractivity contribution is 7.92. The van der Waals surface area contributed by atoms with Gasteiger partial charge in [0.15, 0.2) is 58.2 Å². The Hall–Kier alpha value is -11.9. The van der Waals surface area contributed by atoms with Crippen molar-refractivity contribution in [3.8, 4) is 58.4 Å². The van der Waals surface area contributed by atoms with Crippen LogP contribution in [0.4, 0.5) is 58.4 Å². The fourth-order valence-corrected chi connectivity index (χ4v) is 16.2. The molecule has 0 aromatic carbocycles. The van der Waals surface area contributed by atoms with Crippen LogP contribution in [0.25, 0.3) is 21.4 Å². The molecule has 6 aliphatic rings. The van der Waals surface area contributed by atoms with Crippen molar-refractivity contribution in [2.24, 2.45) is 0 Å². The Morgan fingerprint density at radius 2 is 0.798 bits per heavy atom. The Balaban J connectivity index is 0.000000209. The summed E-state index contributed by atoms with van der Waals surface area (Å²) in [6.45, 7) is 8.27. The molecule has 0 unspecified atom stereocenters. The lowest BCUT2D eigenvalue weighted by Gasteiger charge is -2.17. The summed E-state index contributed by atoms with van der Waals surface area (Å²) in [5, 5.41) is 47.9. The van der Waals surface area contributed by atoms with E-state index in [1.54, 1.807) is 24.5 Å². The van der Waals surface area contributed by atoms with Crippen LogP contribution in [0, 0.1) is 37.0 Å². The molecule has 0 spiro atoms. The molecular formula is C70H85ClN26O8S4. The van der Waals surface area contributed by atoms with E-state index in [9.17, 15) is 36.0 Å². The lowest BCUT2D eigenvalue weighted by molar-refractivity contribution is -0.120. The number of sulfonamides is 2. The van der Waals surface area contributed by atoms with Crippen LogP contribution in [0.2, 0.25) is 5.02 Å². The molecule has 10 aromatic rings. The molecule has 4 amide bonds. The molecule has 12 N–H and O–H groups in total. The van der Waals surface area contributed by atoms with Crippen LogP contribution in [0.3, 0.4) is 0 Å². The van der Waals surface area contributed by atoms with E-state index in [-0.39, 0.29) is 40.9 Å². The Kier molecular flexibility index (Phi) is 22.6. The van der Waals surface area contributed by atoms with Crippen molar-refractivity contribution in [3.05, 3.63) is 118 Å². The minimum atomic E-state index is -3.92. The number of aromatic amines is 4. The average molecular weight is 1580 g/mol. The fourth-order valence-electron chi connectivity index (χ4n) is 11.6. The summed E-state index contributed by atoms with van der Waals surface area (Å²) in [5.41, 5.74) is 6.04. The number of hydrogen-bond donors (Lipinski definition) is 12. The highest BCUT2D eigenvalue weighted by Crippen LogP contribution is 2.43. The molecule has 2 aliphatic heterocycles. The number of rotatable bonds is 22. The van der Waals surface area contributed by atoms with Crippen LogP contribution in [0.15, 0.2) is 81.7 Å².